The average molecular weight is 243 g/mol. The van der Waals surface area contributed by atoms with Gasteiger partial charge in [-0.2, -0.15) is 0 Å². The number of aryl methyl sites for hydroxylation is 1. The highest BCUT2D eigenvalue weighted by Gasteiger charge is 2.08. The van der Waals surface area contributed by atoms with Crippen molar-refractivity contribution in [2.24, 2.45) is 0 Å². The van der Waals surface area contributed by atoms with Crippen LogP contribution in [0.3, 0.4) is 0 Å². The first-order valence-electron chi connectivity index (χ1n) is 4.05. The zero-order chi connectivity index (χ0) is 9.84. The van der Waals surface area contributed by atoms with Crippen LogP contribution in [0.4, 0.5) is 0 Å². The maximum absolute atomic E-state index is 11.4. The summed E-state index contributed by atoms with van der Waals surface area (Å²) < 4.78 is 0.887. The van der Waals surface area contributed by atoms with Crippen molar-refractivity contribution in [3.05, 3.63) is 28.0 Å². The summed E-state index contributed by atoms with van der Waals surface area (Å²) in [4.78, 5) is 15.4. The van der Waals surface area contributed by atoms with E-state index in [9.17, 15) is 4.79 Å². The van der Waals surface area contributed by atoms with E-state index >= 15 is 0 Å². The van der Waals surface area contributed by atoms with Crippen LogP contribution in [0.25, 0.3) is 0 Å². The molecule has 1 aromatic rings. The van der Waals surface area contributed by atoms with Crippen LogP contribution in [0.15, 0.2) is 16.7 Å². The first-order chi connectivity index (χ1) is 6.15. The largest absolute Gasteiger partial charge is 0.351 e. The van der Waals surface area contributed by atoms with Gasteiger partial charge in [-0.25, -0.2) is 4.98 Å². The van der Waals surface area contributed by atoms with Crippen LogP contribution in [0.1, 0.15) is 23.0 Å². The third kappa shape index (κ3) is 2.52. The second-order valence-corrected chi connectivity index (χ2v) is 3.59. The Bertz CT molecular complexity index is 325. The standard InChI is InChI=1S/C9H11BrN2O/c1-3-11-9(13)8-6(2)4-7(10)5-12-8/h4-5H,3H2,1-2H3,(H,11,13). The van der Waals surface area contributed by atoms with Crippen molar-refractivity contribution >= 4 is 21.8 Å². The van der Waals surface area contributed by atoms with Crippen molar-refractivity contribution in [3.8, 4) is 0 Å². The van der Waals surface area contributed by atoms with Gasteiger partial charge in [-0.3, -0.25) is 4.79 Å². The fraction of sp³-hybridized carbons (Fsp3) is 0.333. The molecule has 0 saturated heterocycles. The lowest BCUT2D eigenvalue weighted by molar-refractivity contribution is 0.0950. The van der Waals surface area contributed by atoms with Crippen molar-refractivity contribution in [2.75, 3.05) is 6.54 Å². The monoisotopic (exact) mass is 242 g/mol. The first-order valence-corrected chi connectivity index (χ1v) is 4.84. The molecule has 0 spiro atoms. The SMILES string of the molecule is CCNC(=O)c1ncc(Br)cc1C. The van der Waals surface area contributed by atoms with Gasteiger partial charge in [0.05, 0.1) is 0 Å². The van der Waals surface area contributed by atoms with Gasteiger partial charge < -0.3 is 5.32 Å². The van der Waals surface area contributed by atoms with E-state index in [0.717, 1.165) is 10.0 Å². The van der Waals surface area contributed by atoms with E-state index < -0.39 is 0 Å². The number of nitrogens with zero attached hydrogens (tertiary/aromatic N) is 1. The smallest absolute Gasteiger partial charge is 0.270 e. The Balaban J connectivity index is 2.95. The number of hydrogen-bond acceptors (Lipinski definition) is 2. The molecule has 0 bridgehead atoms. The van der Waals surface area contributed by atoms with Crippen molar-refractivity contribution in [3.63, 3.8) is 0 Å². The van der Waals surface area contributed by atoms with E-state index in [0.29, 0.717) is 12.2 Å². The van der Waals surface area contributed by atoms with E-state index in [-0.39, 0.29) is 5.91 Å². The minimum absolute atomic E-state index is 0.118. The van der Waals surface area contributed by atoms with Crippen molar-refractivity contribution in [2.45, 2.75) is 13.8 Å². The zero-order valence-corrected chi connectivity index (χ0v) is 9.18. The van der Waals surface area contributed by atoms with E-state index in [2.05, 4.69) is 26.2 Å². The van der Waals surface area contributed by atoms with Crippen molar-refractivity contribution in [1.29, 1.82) is 0 Å². The molecule has 1 N–H and O–H groups in total. The molecule has 0 aliphatic heterocycles. The fourth-order valence-corrected chi connectivity index (χ4v) is 1.47. The Kier molecular flexibility index (Phi) is 3.42. The molecule has 0 atom stereocenters. The predicted octanol–water partition coefficient (Wildman–Crippen LogP) is 1.90. The molecule has 3 nitrogen and oxygen atoms in total. The normalized spacial score (nSPS) is 9.77. The number of hydrogen-bond donors (Lipinski definition) is 1. The molecular weight excluding hydrogens is 232 g/mol. The molecule has 0 unspecified atom stereocenters. The van der Waals surface area contributed by atoms with Crippen molar-refractivity contribution in [1.82, 2.24) is 10.3 Å². The second-order valence-electron chi connectivity index (χ2n) is 2.68. The summed E-state index contributed by atoms with van der Waals surface area (Å²) in [5, 5.41) is 2.71. The summed E-state index contributed by atoms with van der Waals surface area (Å²) in [6, 6.07) is 1.87. The highest BCUT2D eigenvalue weighted by Crippen LogP contribution is 2.12. The van der Waals surface area contributed by atoms with E-state index in [1.165, 1.54) is 0 Å². The molecule has 1 amide bonds. The number of nitrogens with one attached hydrogen (secondary N) is 1. The molecule has 0 aliphatic rings. The third-order valence-corrected chi connectivity index (χ3v) is 2.03. The van der Waals surface area contributed by atoms with E-state index in [4.69, 9.17) is 0 Å². The number of pyridine rings is 1. The Morgan fingerprint density at radius 3 is 2.92 bits per heavy atom. The predicted molar refractivity (Wildman–Crippen MR) is 54.7 cm³/mol. The van der Waals surface area contributed by atoms with Crippen LogP contribution < -0.4 is 5.32 Å². The van der Waals surface area contributed by atoms with Gasteiger partial charge in [-0.1, -0.05) is 0 Å². The van der Waals surface area contributed by atoms with Gasteiger partial charge in [-0.15, -0.1) is 0 Å². The Morgan fingerprint density at radius 1 is 1.69 bits per heavy atom. The molecule has 70 valence electrons. The van der Waals surface area contributed by atoms with Gasteiger partial charge in [0.1, 0.15) is 5.69 Å². The fourth-order valence-electron chi connectivity index (χ4n) is 1.02. The molecule has 4 heteroatoms. The molecule has 0 aromatic carbocycles. The summed E-state index contributed by atoms with van der Waals surface area (Å²) in [6.07, 6.45) is 1.62. The first kappa shape index (κ1) is 10.2. The number of amides is 1. The lowest BCUT2D eigenvalue weighted by Crippen LogP contribution is -2.24. The van der Waals surface area contributed by atoms with Gasteiger partial charge >= 0.3 is 0 Å². The maximum atomic E-state index is 11.4. The Morgan fingerprint density at radius 2 is 2.38 bits per heavy atom. The molecule has 1 rings (SSSR count). The highest BCUT2D eigenvalue weighted by molar-refractivity contribution is 9.10. The van der Waals surface area contributed by atoms with Gasteiger partial charge in [0.2, 0.25) is 0 Å². The summed E-state index contributed by atoms with van der Waals surface area (Å²) in [5.74, 6) is -0.118. The molecule has 1 aromatic heterocycles. The van der Waals surface area contributed by atoms with Gasteiger partial charge in [0.15, 0.2) is 0 Å². The number of carbonyl (C=O) groups excluding carboxylic acids is 1. The van der Waals surface area contributed by atoms with Gasteiger partial charge in [-0.05, 0) is 41.4 Å². The van der Waals surface area contributed by atoms with Crippen molar-refractivity contribution < 1.29 is 4.79 Å². The van der Waals surface area contributed by atoms with Crippen LogP contribution >= 0.6 is 15.9 Å². The molecule has 0 radical (unpaired) electrons. The Labute approximate surface area is 85.7 Å². The summed E-state index contributed by atoms with van der Waals surface area (Å²) in [7, 11) is 0. The minimum Gasteiger partial charge on any atom is -0.351 e. The molecule has 0 aliphatic carbocycles. The topological polar surface area (TPSA) is 42.0 Å². The third-order valence-electron chi connectivity index (χ3n) is 1.60. The van der Waals surface area contributed by atoms with Crippen LogP contribution in [0.5, 0.6) is 0 Å². The van der Waals surface area contributed by atoms with Gasteiger partial charge in [0, 0.05) is 17.2 Å². The van der Waals surface area contributed by atoms with Crippen LogP contribution in [0.2, 0.25) is 0 Å². The highest BCUT2D eigenvalue weighted by atomic mass is 79.9. The molecule has 13 heavy (non-hydrogen) atoms. The number of halogens is 1. The average Bonchev–Trinajstić information content (AvgIpc) is 2.04. The van der Waals surface area contributed by atoms with Crippen LogP contribution in [-0.2, 0) is 0 Å². The quantitative estimate of drug-likeness (QED) is 0.861. The zero-order valence-electron chi connectivity index (χ0n) is 7.60. The van der Waals surface area contributed by atoms with E-state index in [1.54, 1.807) is 6.20 Å². The maximum Gasteiger partial charge on any atom is 0.270 e. The van der Waals surface area contributed by atoms with Crippen LogP contribution in [-0.4, -0.2) is 17.4 Å². The lowest BCUT2D eigenvalue weighted by Gasteiger charge is -2.04. The minimum atomic E-state index is -0.118. The molecule has 0 saturated carbocycles. The number of carbonyl (C=O) groups is 1. The summed E-state index contributed by atoms with van der Waals surface area (Å²) >= 11 is 3.29. The van der Waals surface area contributed by atoms with Gasteiger partial charge in [0.25, 0.3) is 5.91 Å². The lowest BCUT2D eigenvalue weighted by atomic mass is 10.2. The second kappa shape index (κ2) is 4.37. The Hall–Kier alpha value is -0.900. The molecule has 0 fully saturated rings. The number of rotatable bonds is 2. The summed E-state index contributed by atoms with van der Waals surface area (Å²) in [5.41, 5.74) is 1.37. The molecule has 1 heterocycles. The number of aromatic nitrogens is 1. The van der Waals surface area contributed by atoms with E-state index in [1.807, 2.05) is 19.9 Å². The van der Waals surface area contributed by atoms with Crippen LogP contribution in [0, 0.1) is 6.92 Å². The summed E-state index contributed by atoms with van der Waals surface area (Å²) in [6.45, 7) is 4.37. The molecular formula is C9H11BrN2O.